The molecular weight excluding hydrogens is 386 g/mol. The Labute approximate surface area is 185 Å². The van der Waals surface area contributed by atoms with Gasteiger partial charge >= 0.3 is 0 Å². The molecule has 2 fully saturated rings. The fourth-order valence-corrected chi connectivity index (χ4v) is 4.99. The first-order valence-corrected chi connectivity index (χ1v) is 11.5. The molecule has 164 valence electrons. The van der Waals surface area contributed by atoms with E-state index < -0.39 is 5.41 Å². The molecule has 1 saturated heterocycles. The number of benzene rings is 1. The predicted molar refractivity (Wildman–Crippen MR) is 122 cm³/mol. The lowest BCUT2D eigenvalue weighted by Gasteiger charge is -2.34. The van der Waals surface area contributed by atoms with Crippen molar-refractivity contribution in [3.05, 3.63) is 54.4 Å². The average Bonchev–Trinajstić information content (AvgIpc) is 3.38. The molecule has 5 heteroatoms. The van der Waals surface area contributed by atoms with E-state index in [1.807, 2.05) is 35.9 Å². The van der Waals surface area contributed by atoms with Crippen LogP contribution in [0.3, 0.4) is 0 Å². The van der Waals surface area contributed by atoms with Gasteiger partial charge in [0.25, 0.3) is 0 Å². The van der Waals surface area contributed by atoms with E-state index >= 15 is 0 Å². The van der Waals surface area contributed by atoms with E-state index in [1.54, 1.807) is 6.20 Å². The summed E-state index contributed by atoms with van der Waals surface area (Å²) >= 11 is 0. The van der Waals surface area contributed by atoms with Gasteiger partial charge in [0.2, 0.25) is 11.8 Å². The van der Waals surface area contributed by atoms with E-state index in [2.05, 4.69) is 42.2 Å². The largest absolute Gasteiger partial charge is 0.343 e. The quantitative estimate of drug-likeness (QED) is 0.681. The van der Waals surface area contributed by atoms with E-state index in [9.17, 15) is 9.59 Å². The van der Waals surface area contributed by atoms with Crippen molar-refractivity contribution in [2.24, 2.45) is 17.3 Å². The molecule has 0 radical (unpaired) electrons. The van der Waals surface area contributed by atoms with Crippen LogP contribution in [-0.2, 0) is 16.0 Å². The summed E-state index contributed by atoms with van der Waals surface area (Å²) in [7, 11) is 0. The predicted octanol–water partition coefficient (Wildman–Crippen LogP) is 4.03. The van der Waals surface area contributed by atoms with Gasteiger partial charge < -0.3 is 9.80 Å². The van der Waals surface area contributed by atoms with Crippen molar-refractivity contribution in [2.45, 2.75) is 40.0 Å². The normalized spacial score (nSPS) is 24.8. The van der Waals surface area contributed by atoms with Crippen LogP contribution in [0, 0.1) is 17.3 Å². The van der Waals surface area contributed by atoms with Crippen molar-refractivity contribution in [2.75, 3.05) is 26.2 Å². The van der Waals surface area contributed by atoms with Crippen molar-refractivity contribution in [1.29, 1.82) is 0 Å². The molecule has 1 aliphatic heterocycles. The molecule has 2 amide bonds. The second kappa shape index (κ2) is 8.81. The number of amides is 2. The number of pyridine rings is 1. The molecule has 1 aromatic carbocycles. The van der Waals surface area contributed by atoms with Gasteiger partial charge in [-0.1, -0.05) is 37.3 Å². The summed E-state index contributed by atoms with van der Waals surface area (Å²) in [6.07, 6.45) is 6.00. The molecule has 2 aromatic rings. The van der Waals surface area contributed by atoms with Gasteiger partial charge in [0, 0.05) is 44.5 Å². The molecule has 0 N–H and O–H groups in total. The summed E-state index contributed by atoms with van der Waals surface area (Å²) in [4.78, 5) is 34.7. The molecule has 4 rings (SSSR count). The highest BCUT2D eigenvalue weighted by atomic mass is 16.2. The van der Waals surface area contributed by atoms with Gasteiger partial charge in [0.05, 0.1) is 5.41 Å². The van der Waals surface area contributed by atoms with Crippen LogP contribution in [0.25, 0.3) is 11.1 Å². The van der Waals surface area contributed by atoms with Crippen molar-refractivity contribution in [3.8, 4) is 11.1 Å². The monoisotopic (exact) mass is 419 g/mol. The lowest BCUT2D eigenvalue weighted by Crippen LogP contribution is -2.47. The van der Waals surface area contributed by atoms with Gasteiger partial charge in [-0.3, -0.25) is 14.6 Å². The molecule has 2 aliphatic rings. The summed E-state index contributed by atoms with van der Waals surface area (Å²) in [5, 5.41) is 0. The fraction of sp³-hybridized carbons (Fsp3) is 0.500. The number of aromatic nitrogens is 1. The number of nitrogens with zero attached hydrogens (tertiary/aromatic N) is 3. The molecule has 5 nitrogen and oxygen atoms in total. The maximum Gasteiger partial charge on any atom is 0.230 e. The second-order valence-electron chi connectivity index (χ2n) is 9.21. The molecule has 0 unspecified atom stereocenters. The van der Waals surface area contributed by atoms with Crippen molar-refractivity contribution in [1.82, 2.24) is 14.8 Å². The number of rotatable bonds is 7. The Morgan fingerprint density at radius 1 is 1.16 bits per heavy atom. The molecule has 1 saturated carbocycles. The van der Waals surface area contributed by atoms with Crippen LogP contribution in [0.1, 0.15) is 39.2 Å². The van der Waals surface area contributed by atoms with Gasteiger partial charge in [0.15, 0.2) is 0 Å². The maximum atomic E-state index is 13.7. The topological polar surface area (TPSA) is 53.5 Å². The highest BCUT2D eigenvalue weighted by Crippen LogP contribution is 2.43. The number of likely N-dealkylation sites (tertiary alicyclic amines) is 1. The zero-order valence-corrected chi connectivity index (χ0v) is 18.9. The number of carbonyl (C=O) groups excluding carboxylic acids is 2. The van der Waals surface area contributed by atoms with Crippen molar-refractivity contribution in [3.63, 3.8) is 0 Å². The van der Waals surface area contributed by atoms with Crippen LogP contribution in [0.5, 0.6) is 0 Å². The zero-order valence-electron chi connectivity index (χ0n) is 18.9. The van der Waals surface area contributed by atoms with Crippen LogP contribution in [0.15, 0.2) is 48.8 Å². The van der Waals surface area contributed by atoms with Crippen LogP contribution in [-0.4, -0.2) is 52.8 Å². The molecule has 1 aliphatic carbocycles. The summed E-state index contributed by atoms with van der Waals surface area (Å²) in [5.41, 5.74) is 2.76. The lowest BCUT2D eigenvalue weighted by atomic mass is 9.79. The summed E-state index contributed by atoms with van der Waals surface area (Å²) in [6.45, 7) is 8.79. The van der Waals surface area contributed by atoms with Crippen LogP contribution in [0.2, 0.25) is 0 Å². The lowest BCUT2D eigenvalue weighted by molar-refractivity contribution is -0.142. The maximum absolute atomic E-state index is 13.7. The molecule has 2 heterocycles. The Bertz CT molecular complexity index is 941. The van der Waals surface area contributed by atoms with E-state index in [1.165, 1.54) is 0 Å². The first kappa shape index (κ1) is 21.5. The minimum absolute atomic E-state index is 0.160. The molecule has 0 spiro atoms. The second-order valence-corrected chi connectivity index (χ2v) is 9.21. The molecular formula is C26H33N3O2. The van der Waals surface area contributed by atoms with Gasteiger partial charge in [-0.25, -0.2) is 0 Å². The van der Waals surface area contributed by atoms with Crippen LogP contribution in [0.4, 0.5) is 0 Å². The average molecular weight is 420 g/mol. The standard InChI is InChI=1S/C26H33N3O2/c1-4-28(5-2)25(31)26(11-13-29(18-26)24(30)23-14-19(23)3)16-20-8-6-9-21(15-20)22-10-7-12-27-17-22/h6-10,12,15,17,19,23H,4-5,11,13-14,16,18H2,1-3H3/t19-,23+,26+/m1/s1. The Balaban J connectivity index is 1.61. The first-order valence-electron chi connectivity index (χ1n) is 11.5. The first-order chi connectivity index (χ1) is 15.0. The van der Waals surface area contributed by atoms with Gasteiger partial charge in [-0.2, -0.15) is 0 Å². The molecule has 1 aromatic heterocycles. The van der Waals surface area contributed by atoms with E-state index in [-0.39, 0.29) is 17.7 Å². The smallest absolute Gasteiger partial charge is 0.230 e. The SMILES string of the molecule is CCN(CC)C(=O)[C@]1(Cc2cccc(-c3cccnc3)c2)CCN(C(=O)[C@H]2C[C@H]2C)C1. The highest BCUT2D eigenvalue weighted by molar-refractivity contribution is 5.87. The summed E-state index contributed by atoms with van der Waals surface area (Å²) in [5.74, 6) is 1.07. The number of hydrogen-bond acceptors (Lipinski definition) is 3. The summed E-state index contributed by atoms with van der Waals surface area (Å²) < 4.78 is 0. The summed E-state index contributed by atoms with van der Waals surface area (Å²) in [6, 6.07) is 12.4. The Hall–Kier alpha value is -2.69. The van der Waals surface area contributed by atoms with Crippen molar-refractivity contribution >= 4 is 11.8 Å². The highest BCUT2D eigenvalue weighted by Gasteiger charge is 2.50. The fourth-order valence-electron chi connectivity index (χ4n) is 4.99. The third-order valence-electron chi connectivity index (χ3n) is 7.06. The molecule has 0 bridgehead atoms. The van der Waals surface area contributed by atoms with Crippen molar-refractivity contribution < 1.29 is 9.59 Å². The Morgan fingerprint density at radius 2 is 1.90 bits per heavy atom. The minimum atomic E-state index is -0.548. The molecule has 31 heavy (non-hydrogen) atoms. The minimum Gasteiger partial charge on any atom is -0.343 e. The Morgan fingerprint density at radius 3 is 2.55 bits per heavy atom. The third kappa shape index (κ3) is 4.36. The number of carbonyl (C=O) groups is 2. The van der Waals surface area contributed by atoms with E-state index in [0.717, 1.165) is 29.5 Å². The van der Waals surface area contributed by atoms with Crippen LogP contribution >= 0.6 is 0 Å². The van der Waals surface area contributed by atoms with Crippen LogP contribution < -0.4 is 0 Å². The zero-order chi connectivity index (χ0) is 22.0. The molecule has 3 atom stereocenters. The van der Waals surface area contributed by atoms with Gasteiger partial charge in [-0.05, 0) is 61.8 Å². The van der Waals surface area contributed by atoms with Gasteiger partial charge in [0.1, 0.15) is 0 Å². The van der Waals surface area contributed by atoms with E-state index in [4.69, 9.17) is 0 Å². The Kier molecular flexibility index (Phi) is 6.12. The number of hydrogen-bond donors (Lipinski definition) is 0. The third-order valence-corrected chi connectivity index (χ3v) is 7.06. The van der Waals surface area contributed by atoms with Gasteiger partial charge in [-0.15, -0.1) is 0 Å². The van der Waals surface area contributed by atoms with E-state index in [0.29, 0.717) is 38.5 Å².